The minimum Gasteiger partial charge on any atom is -0.491 e. The molecule has 3 rings (SSSR count). The van der Waals surface area contributed by atoms with Gasteiger partial charge in [0.15, 0.2) is 6.29 Å². The number of benzene rings is 1. The van der Waals surface area contributed by atoms with E-state index >= 15 is 0 Å². The van der Waals surface area contributed by atoms with Gasteiger partial charge >= 0.3 is 0 Å². The predicted molar refractivity (Wildman–Crippen MR) is 98.5 cm³/mol. The number of aldehydes is 1. The second-order valence-corrected chi connectivity index (χ2v) is 6.25. The highest BCUT2D eigenvalue weighted by atomic mass is 16.5. The average Bonchev–Trinajstić information content (AvgIpc) is 2.62. The first kappa shape index (κ1) is 17.0. The molecule has 0 bridgehead atoms. The summed E-state index contributed by atoms with van der Waals surface area (Å²) >= 11 is 0. The van der Waals surface area contributed by atoms with Crippen LogP contribution in [0.15, 0.2) is 30.6 Å². The summed E-state index contributed by atoms with van der Waals surface area (Å²) in [6, 6.07) is 8.15. The van der Waals surface area contributed by atoms with Gasteiger partial charge in [0.1, 0.15) is 23.7 Å². The van der Waals surface area contributed by atoms with Crippen LogP contribution in [0.3, 0.4) is 0 Å². The Kier molecular flexibility index (Phi) is 5.02. The lowest BCUT2D eigenvalue weighted by Crippen LogP contribution is -2.47. The fourth-order valence-corrected chi connectivity index (χ4v) is 2.95. The van der Waals surface area contributed by atoms with Crippen LogP contribution in [0, 0.1) is 0 Å². The smallest absolute Gasteiger partial charge is 0.157 e. The Hall–Kier alpha value is -2.83. The van der Waals surface area contributed by atoms with E-state index in [0.29, 0.717) is 11.4 Å². The first-order chi connectivity index (χ1) is 12.1. The van der Waals surface area contributed by atoms with Gasteiger partial charge in [-0.1, -0.05) is 0 Å². The first-order valence-corrected chi connectivity index (χ1v) is 8.40. The van der Waals surface area contributed by atoms with Crippen molar-refractivity contribution in [2.45, 2.75) is 20.0 Å². The number of rotatable bonds is 5. The summed E-state index contributed by atoms with van der Waals surface area (Å²) in [5, 5.41) is 0. The summed E-state index contributed by atoms with van der Waals surface area (Å²) in [6.45, 7) is 7.24. The summed E-state index contributed by atoms with van der Waals surface area (Å²) in [5.74, 6) is 1.72. The van der Waals surface area contributed by atoms with E-state index < -0.39 is 0 Å². The van der Waals surface area contributed by atoms with Crippen LogP contribution >= 0.6 is 0 Å². The fraction of sp³-hybridized carbons (Fsp3) is 0.389. The number of nitrogens with zero attached hydrogens (tertiary/aromatic N) is 4. The third kappa shape index (κ3) is 3.81. The van der Waals surface area contributed by atoms with Crippen molar-refractivity contribution in [2.75, 3.05) is 41.7 Å². The molecule has 0 radical (unpaired) electrons. The molecule has 0 unspecified atom stereocenters. The molecule has 2 N–H and O–H groups in total. The van der Waals surface area contributed by atoms with E-state index in [-0.39, 0.29) is 11.9 Å². The van der Waals surface area contributed by atoms with Gasteiger partial charge < -0.3 is 20.3 Å². The number of hydrogen-bond donors (Lipinski definition) is 1. The molecule has 7 heteroatoms. The van der Waals surface area contributed by atoms with Crippen LogP contribution in [0.5, 0.6) is 5.75 Å². The molecule has 2 heterocycles. The topological polar surface area (TPSA) is 84.6 Å². The molecule has 0 atom stereocenters. The molecule has 0 saturated carbocycles. The Balaban J connectivity index is 1.66. The number of carbonyl (C=O) groups is 1. The second-order valence-electron chi connectivity index (χ2n) is 6.25. The van der Waals surface area contributed by atoms with Gasteiger partial charge in [0, 0.05) is 31.9 Å². The Morgan fingerprint density at radius 2 is 1.72 bits per heavy atom. The molecule has 0 spiro atoms. The van der Waals surface area contributed by atoms with E-state index in [2.05, 4.69) is 31.9 Å². The van der Waals surface area contributed by atoms with Crippen LogP contribution < -0.4 is 20.3 Å². The summed E-state index contributed by atoms with van der Waals surface area (Å²) in [5.41, 5.74) is 7.30. The molecule has 0 amide bonds. The lowest BCUT2D eigenvalue weighted by Gasteiger charge is -2.37. The zero-order valence-electron chi connectivity index (χ0n) is 14.6. The molecule has 2 aromatic rings. The monoisotopic (exact) mass is 341 g/mol. The second kappa shape index (κ2) is 7.38. The lowest BCUT2D eigenvalue weighted by atomic mass is 10.2. The van der Waals surface area contributed by atoms with Crippen molar-refractivity contribution in [3.8, 4) is 5.75 Å². The fourth-order valence-electron chi connectivity index (χ4n) is 2.95. The van der Waals surface area contributed by atoms with Gasteiger partial charge in [-0.25, -0.2) is 9.97 Å². The highest BCUT2D eigenvalue weighted by molar-refractivity contribution is 5.88. The molecule has 132 valence electrons. The highest BCUT2D eigenvalue weighted by Gasteiger charge is 2.21. The van der Waals surface area contributed by atoms with E-state index in [0.717, 1.165) is 43.9 Å². The Morgan fingerprint density at radius 1 is 1.08 bits per heavy atom. The largest absolute Gasteiger partial charge is 0.491 e. The zero-order chi connectivity index (χ0) is 17.8. The van der Waals surface area contributed by atoms with Crippen LogP contribution in [-0.4, -0.2) is 48.5 Å². The molecule has 7 nitrogen and oxygen atoms in total. The van der Waals surface area contributed by atoms with Crippen LogP contribution in [0.2, 0.25) is 0 Å². The van der Waals surface area contributed by atoms with Gasteiger partial charge in [0.25, 0.3) is 0 Å². The SMILES string of the molecule is CC(C)Oc1ccc(N2CCN(c3ncnc(N)c3C=O)CC2)cc1. The van der Waals surface area contributed by atoms with Crippen LogP contribution in [-0.2, 0) is 0 Å². The predicted octanol–water partition coefficient (Wildman–Crippen LogP) is 1.99. The number of carbonyl (C=O) groups excluding carboxylic acids is 1. The number of anilines is 3. The molecule has 1 aromatic heterocycles. The van der Waals surface area contributed by atoms with Gasteiger partial charge in [-0.15, -0.1) is 0 Å². The van der Waals surface area contributed by atoms with Crippen molar-refractivity contribution in [2.24, 2.45) is 0 Å². The number of ether oxygens (including phenoxy) is 1. The van der Waals surface area contributed by atoms with Gasteiger partial charge in [-0.3, -0.25) is 4.79 Å². The highest BCUT2D eigenvalue weighted by Crippen LogP contribution is 2.24. The van der Waals surface area contributed by atoms with E-state index in [9.17, 15) is 4.79 Å². The van der Waals surface area contributed by atoms with Crippen molar-refractivity contribution in [1.82, 2.24) is 9.97 Å². The van der Waals surface area contributed by atoms with Gasteiger partial charge in [0.2, 0.25) is 0 Å². The van der Waals surface area contributed by atoms with Crippen molar-refractivity contribution in [3.05, 3.63) is 36.2 Å². The van der Waals surface area contributed by atoms with Crippen LogP contribution in [0.25, 0.3) is 0 Å². The molecule has 1 aliphatic rings. The van der Waals surface area contributed by atoms with Gasteiger partial charge in [-0.05, 0) is 38.1 Å². The quantitative estimate of drug-likeness (QED) is 0.832. The minimum absolute atomic E-state index is 0.168. The maximum Gasteiger partial charge on any atom is 0.157 e. The summed E-state index contributed by atoms with van der Waals surface area (Å²) in [6.07, 6.45) is 2.30. The standard InChI is InChI=1S/C18H23N5O2/c1-13(2)25-15-5-3-14(4-6-15)22-7-9-23(10-8-22)18-16(11-24)17(19)20-12-21-18/h3-6,11-13H,7-10H2,1-2H3,(H2,19,20,21). The molecule has 1 fully saturated rings. The first-order valence-electron chi connectivity index (χ1n) is 8.40. The Labute approximate surface area is 147 Å². The maximum absolute atomic E-state index is 11.3. The summed E-state index contributed by atoms with van der Waals surface area (Å²) < 4.78 is 5.68. The molecule has 0 aliphatic carbocycles. The van der Waals surface area contributed by atoms with E-state index in [1.807, 2.05) is 26.0 Å². The minimum atomic E-state index is 0.168. The number of aromatic nitrogens is 2. The normalized spacial score (nSPS) is 14.7. The zero-order valence-corrected chi connectivity index (χ0v) is 14.6. The third-order valence-corrected chi connectivity index (χ3v) is 4.16. The number of hydrogen-bond acceptors (Lipinski definition) is 7. The lowest BCUT2D eigenvalue weighted by molar-refractivity contribution is 0.112. The van der Waals surface area contributed by atoms with Crippen molar-refractivity contribution in [3.63, 3.8) is 0 Å². The average molecular weight is 341 g/mol. The van der Waals surface area contributed by atoms with E-state index in [4.69, 9.17) is 10.5 Å². The molecule has 25 heavy (non-hydrogen) atoms. The third-order valence-electron chi connectivity index (χ3n) is 4.16. The Morgan fingerprint density at radius 3 is 2.32 bits per heavy atom. The summed E-state index contributed by atoms with van der Waals surface area (Å²) in [4.78, 5) is 23.8. The van der Waals surface area contributed by atoms with Crippen LogP contribution in [0.4, 0.5) is 17.3 Å². The molecule has 1 aliphatic heterocycles. The number of piperazine rings is 1. The van der Waals surface area contributed by atoms with Crippen molar-refractivity contribution >= 4 is 23.6 Å². The number of nitrogens with two attached hydrogens (primary N) is 1. The molecular weight excluding hydrogens is 318 g/mol. The number of nitrogen functional groups attached to an aromatic ring is 1. The van der Waals surface area contributed by atoms with E-state index in [1.54, 1.807) is 0 Å². The summed E-state index contributed by atoms with van der Waals surface area (Å²) in [7, 11) is 0. The van der Waals surface area contributed by atoms with E-state index in [1.165, 1.54) is 6.33 Å². The Bertz CT molecular complexity index is 725. The van der Waals surface area contributed by atoms with Gasteiger partial charge in [0.05, 0.1) is 11.7 Å². The maximum atomic E-state index is 11.3. The van der Waals surface area contributed by atoms with Crippen LogP contribution in [0.1, 0.15) is 24.2 Å². The van der Waals surface area contributed by atoms with Gasteiger partial charge in [-0.2, -0.15) is 0 Å². The van der Waals surface area contributed by atoms with Crippen molar-refractivity contribution in [1.29, 1.82) is 0 Å². The molecule has 1 aromatic carbocycles. The van der Waals surface area contributed by atoms with Crippen molar-refractivity contribution < 1.29 is 9.53 Å². The molecule has 1 saturated heterocycles. The molecular formula is C18H23N5O2.